The third kappa shape index (κ3) is 3.43. The number of carbonyl (C=O) groups is 1. The van der Waals surface area contributed by atoms with Gasteiger partial charge in [0.15, 0.2) is 0 Å². The highest BCUT2D eigenvalue weighted by molar-refractivity contribution is 7.89. The van der Waals surface area contributed by atoms with E-state index >= 15 is 0 Å². The first-order valence-electron chi connectivity index (χ1n) is 5.13. The fourth-order valence-corrected chi connectivity index (χ4v) is 3.12. The van der Waals surface area contributed by atoms with E-state index in [1.165, 1.54) is 4.31 Å². The van der Waals surface area contributed by atoms with Gasteiger partial charge in [0, 0.05) is 13.1 Å². The predicted octanol–water partition coefficient (Wildman–Crippen LogP) is -0.664. The van der Waals surface area contributed by atoms with E-state index in [4.69, 9.17) is 0 Å². The molecule has 0 spiro atoms. The van der Waals surface area contributed by atoms with E-state index < -0.39 is 21.6 Å². The first kappa shape index (κ1) is 13.4. The maximum absolute atomic E-state index is 11.6. The highest BCUT2D eigenvalue weighted by Crippen LogP contribution is 2.23. The van der Waals surface area contributed by atoms with Gasteiger partial charge in [0.05, 0.1) is 24.4 Å². The number of β-amino-alcohol motifs (C(OH)–C–C–N with tert-alkyl or cyclic N) is 1. The maximum Gasteiger partial charge on any atom is 0.306 e. The molecule has 1 fully saturated rings. The normalized spacial score (nSPS) is 20.2. The van der Waals surface area contributed by atoms with Crippen molar-refractivity contribution in [2.75, 3.05) is 25.4 Å². The van der Waals surface area contributed by atoms with Gasteiger partial charge in [-0.15, -0.1) is 0 Å². The summed E-state index contributed by atoms with van der Waals surface area (Å²) in [6.07, 6.45) is -0.144. The number of sulfonamides is 1. The zero-order valence-corrected chi connectivity index (χ0v) is 10.3. The van der Waals surface area contributed by atoms with Gasteiger partial charge in [0.25, 0.3) is 0 Å². The summed E-state index contributed by atoms with van der Waals surface area (Å²) < 4.78 is 29.0. The Morgan fingerprint density at radius 3 is 2.50 bits per heavy atom. The van der Waals surface area contributed by atoms with Gasteiger partial charge in [-0.05, 0) is 13.8 Å². The first-order chi connectivity index (χ1) is 7.27. The van der Waals surface area contributed by atoms with Crippen molar-refractivity contribution in [2.24, 2.45) is 0 Å². The Bertz CT molecular complexity index is 354. The van der Waals surface area contributed by atoms with Gasteiger partial charge >= 0.3 is 5.97 Å². The molecular weight excluding hydrogens is 234 g/mol. The average molecular weight is 251 g/mol. The van der Waals surface area contributed by atoms with Crippen molar-refractivity contribution in [1.29, 1.82) is 0 Å². The van der Waals surface area contributed by atoms with Crippen LogP contribution in [-0.4, -0.2) is 54.8 Å². The molecule has 7 heteroatoms. The average Bonchev–Trinajstić information content (AvgIpc) is 2.12. The topological polar surface area (TPSA) is 83.9 Å². The monoisotopic (exact) mass is 251 g/mol. The molecule has 0 saturated carbocycles. The number of nitrogens with zero attached hydrogens (tertiary/aromatic N) is 1. The Morgan fingerprint density at radius 1 is 1.50 bits per heavy atom. The number of hydrogen-bond donors (Lipinski definition) is 1. The van der Waals surface area contributed by atoms with E-state index in [-0.39, 0.29) is 31.9 Å². The van der Waals surface area contributed by atoms with E-state index in [9.17, 15) is 18.3 Å². The molecular formula is C9H17NO5S. The zero-order valence-electron chi connectivity index (χ0n) is 9.47. The van der Waals surface area contributed by atoms with Crippen molar-refractivity contribution in [1.82, 2.24) is 4.31 Å². The summed E-state index contributed by atoms with van der Waals surface area (Å²) in [5, 5.41) is 9.41. The number of ether oxygens (including phenoxy) is 1. The number of esters is 1. The molecule has 0 aromatic carbocycles. The number of carbonyl (C=O) groups excluding carboxylic acids is 1. The summed E-state index contributed by atoms with van der Waals surface area (Å²) in [7, 11) is -3.44. The highest BCUT2D eigenvalue weighted by Gasteiger charge is 2.43. The van der Waals surface area contributed by atoms with Crippen LogP contribution in [0.1, 0.15) is 20.3 Å². The van der Waals surface area contributed by atoms with E-state index in [0.29, 0.717) is 0 Å². The molecule has 0 atom stereocenters. The minimum absolute atomic E-state index is 0.0954. The number of aliphatic hydroxyl groups is 1. The molecule has 1 N–H and O–H groups in total. The van der Waals surface area contributed by atoms with Crippen LogP contribution >= 0.6 is 0 Å². The molecule has 16 heavy (non-hydrogen) atoms. The molecule has 0 radical (unpaired) electrons. The van der Waals surface area contributed by atoms with Crippen LogP contribution in [0.5, 0.6) is 0 Å². The quantitative estimate of drug-likeness (QED) is 0.655. The minimum Gasteiger partial charge on any atom is -0.466 e. The van der Waals surface area contributed by atoms with Crippen LogP contribution in [-0.2, 0) is 19.6 Å². The Morgan fingerprint density at radius 2 is 2.06 bits per heavy atom. The predicted molar refractivity (Wildman–Crippen MR) is 57.2 cm³/mol. The fourth-order valence-electron chi connectivity index (χ4n) is 1.48. The summed E-state index contributed by atoms with van der Waals surface area (Å²) in [5.74, 6) is -0.777. The molecule has 0 bridgehead atoms. The van der Waals surface area contributed by atoms with E-state index in [1.807, 2.05) is 0 Å². The van der Waals surface area contributed by atoms with Gasteiger partial charge in [-0.1, -0.05) is 0 Å². The molecule has 1 aliphatic rings. The lowest BCUT2D eigenvalue weighted by atomic mass is 10.0. The van der Waals surface area contributed by atoms with Crippen molar-refractivity contribution in [3.8, 4) is 0 Å². The molecule has 0 amide bonds. The van der Waals surface area contributed by atoms with E-state index in [2.05, 4.69) is 4.74 Å². The first-order valence-corrected chi connectivity index (χ1v) is 6.73. The summed E-state index contributed by atoms with van der Waals surface area (Å²) in [4.78, 5) is 11.0. The zero-order chi connectivity index (χ0) is 12.4. The molecule has 0 aromatic rings. The Balaban J connectivity index is 2.39. The Labute approximate surface area is 95.2 Å². The minimum atomic E-state index is -3.44. The SMILES string of the molecule is CCOC(=O)CCS(=O)(=O)N1CC(C)(O)C1. The Hall–Kier alpha value is -0.660. The summed E-state index contributed by atoms with van der Waals surface area (Å²) in [5.41, 5.74) is -0.934. The molecule has 1 rings (SSSR count). The van der Waals surface area contributed by atoms with Crippen molar-refractivity contribution in [3.63, 3.8) is 0 Å². The van der Waals surface area contributed by atoms with Gasteiger partial charge in [-0.3, -0.25) is 4.79 Å². The van der Waals surface area contributed by atoms with Crippen molar-refractivity contribution < 1.29 is 23.1 Å². The number of hydrogen-bond acceptors (Lipinski definition) is 5. The molecule has 0 aromatic heterocycles. The third-order valence-corrected chi connectivity index (χ3v) is 4.06. The number of rotatable bonds is 5. The van der Waals surface area contributed by atoms with Gasteiger partial charge in [0.2, 0.25) is 10.0 Å². The molecule has 1 saturated heterocycles. The lowest BCUT2D eigenvalue weighted by Crippen LogP contribution is -2.62. The van der Waals surface area contributed by atoms with Crippen LogP contribution in [0.2, 0.25) is 0 Å². The molecule has 6 nitrogen and oxygen atoms in total. The van der Waals surface area contributed by atoms with Crippen LogP contribution < -0.4 is 0 Å². The fraction of sp³-hybridized carbons (Fsp3) is 0.889. The molecule has 1 heterocycles. The van der Waals surface area contributed by atoms with Gasteiger partial charge < -0.3 is 9.84 Å². The summed E-state index contributed by atoms with van der Waals surface area (Å²) >= 11 is 0. The summed E-state index contributed by atoms with van der Waals surface area (Å²) in [6, 6.07) is 0. The molecule has 0 unspecified atom stereocenters. The van der Waals surface area contributed by atoms with Crippen molar-refractivity contribution in [2.45, 2.75) is 25.9 Å². The molecule has 0 aliphatic carbocycles. The van der Waals surface area contributed by atoms with Gasteiger partial charge in [-0.2, -0.15) is 4.31 Å². The van der Waals surface area contributed by atoms with E-state index in [0.717, 1.165) is 0 Å². The smallest absolute Gasteiger partial charge is 0.306 e. The Kier molecular flexibility index (Phi) is 3.92. The van der Waals surface area contributed by atoms with Crippen LogP contribution in [0.25, 0.3) is 0 Å². The van der Waals surface area contributed by atoms with Gasteiger partial charge in [-0.25, -0.2) is 8.42 Å². The third-order valence-electron chi connectivity index (χ3n) is 2.30. The van der Waals surface area contributed by atoms with Crippen molar-refractivity contribution in [3.05, 3.63) is 0 Å². The molecule has 1 aliphatic heterocycles. The molecule has 94 valence electrons. The second kappa shape index (κ2) is 4.68. The standard InChI is InChI=1S/C9H17NO5S/c1-3-15-8(11)4-5-16(13,14)10-6-9(2,12)7-10/h12H,3-7H2,1-2H3. The van der Waals surface area contributed by atoms with E-state index in [1.54, 1.807) is 13.8 Å². The second-order valence-electron chi connectivity index (χ2n) is 4.14. The summed E-state index contributed by atoms with van der Waals surface area (Å²) in [6.45, 7) is 3.68. The largest absolute Gasteiger partial charge is 0.466 e. The van der Waals surface area contributed by atoms with Crippen molar-refractivity contribution >= 4 is 16.0 Å². The van der Waals surface area contributed by atoms with Gasteiger partial charge in [0.1, 0.15) is 0 Å². The lowest BCUT2D eigenvalue weighted by molar-refractivity contribution is -0.142. The lowest BCUT2D eigenvalue weighted by Gasteiger charge is -2.42. The van der Waals surface area contributed by atoms with Crippen LogP contribution in [0, 0.1) is 0 Å². The van der Waals surface area contributed by atoms with Crippen LogP contribution in [0.4, 0.5) is 0 Å². The van der Waals surface area contributed by atoms with Crippen LogP contribution in [0.3, 0.4) is 0 Å². The highest BCUT2D eigenvalue weighted by atomic mass is 32.2. The maximum atomic E-state index is 11.6. The van der Waals surface area contributed by atoms with Crippen LogP contribution in [0.15, 0.2) is 0 Å². The second-order valence-corrected chi connectivity index (χ2v) is 6.22.